The highest BCUT2D eigenvalue weighted by molar-refractivity contribution is 7.99. The van der Waals surface area contributed by atoms with Gasteiger partial charge in [-0.3, -0.25) is 4.79 Å². The van der Waals surface area contributed by atoms with Crippen LogP contribution in [0.5, 0.6) is 0 Å². The van der Waals surface area contributed by atoms with E-state index in [1.54, 1.807) is 18.2 Å². The van der Waals surface area contributed by atoms with E-state index in [1.165, 1.54) is 23.5 Å². The number of aryl methyl sites for hydroxylation is 2. The van der Waals surface area contributed by atoms with Gasteiger partial charge in [-0.05, 0) is 62.4 Å². The number of hydrogen-bond donors (Lipinski definition) is 0. The van der Waals surface area contributed by atoms with Gasteiger partial charge in [0.05, 0.1) is 5.75 Å². The predicted molar refractivity (Wildman–Crippen MR) is 100 cm³/mol. The molecule has 0 amide bonds. The summed E-state index contributed by atoms with van der Waals surface area (Å²) in [6.07, 6.45) is 1.44. The highest BCUT2D eigenvalue weighted by Crippen LogP contribution is 2.24. The molecular weight excluding hydrogens is 332 g/mol. The van der Waals surface area contributed by atoms with Crippen molar-refractivity contribution < 1.29 is 9.52 Å². The molecule has 0 saturated carbocycles. The largest absolute Gasteiger partial charge is 0.618 e. The molecule has 2 aromatic heterocycles. The molecule has 0 bridgehead atoms. The molecule has 25 heavy (non-hydrogen) atoms. The van der Waals surface area contributed by atoms with Crippen molar-refractivity contribution in [2.45, 2.75) is 25.8 Å². The number of thioether (sulfide) groups is 1. The van der Waals surface area contributed by atoms with Gasteiger partial charge in [-0.25, -0.2) is 0 Å². The van der Waals surface area contributed by atoms with Crippen molar-refractivity contribution in [3.05, 3.63) is 82.4 Å². The molecule has 3 rings (SSSR count). The molecule has 0 N–H and O–H groups in total. The number of benzene rings is 1. The second-order valence-corrected chi connectivity index (χ2v) is 7.03. The van der Waals surface area contributed by atoms with Crippen molar-refractivity contribution in [1.29, 1.82) is 0 Å². The minimum atomic E-state index is 0.0286. The molecule has 5 heteroatoms. The van der Waals surface area contributed by atoms with Crippen molar-refractivity contribution >= 4 is 17.5 Å². The van der Waals surface area contributed by atoms with E-state index in [0.717, 1.165) is 21.8 Å². The third kappa shape index (κ3) is 3.61. The van der Waals surface area contributed by atoms with E-state index in [-0.39, 0.29) is 11.5 Å². The lowest BCUT2D eigenvalue weighted by Gasteiger charge is -2.10. The van der Waals surface area contributed by atoms with Crippen LogP contribution < -0.4 is 4.73 Å². The van der Waals surface area contributed by atoms with Gasteiger partial charge in [-0.2, -0.15) is 4.73 Å². The van der Waals surface area contributed by atoms with Crippen LogP contribution in [-0.2, 0) is 0 Å². The number of ketones is 1. The van der Waals surface area contributed by atoms with Crippen LogP contribution in [0.15, 0.2) is 59.8 Å². The molecule has 0 saturated heterocycles. The Balaban J connectivity index is 1.85. The monoisotopic (exact) mass is 352 g/mol. The smallest absolute Gasteiger partial charge is 0.251 e. The standard InChI is InChI=1S/C20H20N2O2S/c1-14-7-6-8-17(11-14)22-15(2)12-18(16(22)3)19(23)13-25-20-9-4-5-10-21(20)24/h4-12H,13H2,1-3H3. The molecule has 3 aromatic rings. The molecule has 4 nitrogen and oxygen atoms in total. The molecule has 1 aromatic carbocycles. The first kappa shape index (κ1) is 17.3. The third-order valence-electron chi connectivity index (χ3n) is 4.13. The average Bonchev–Trinajstić information content (AvgIpc) is 2.88. The second-order valence-electron chi connectivity index (χ2n) is 6.04. The van der Waals surface area contributed by atoms with Crippen LogP contribution in [0.25, 0.3) is 5.69 Å². The minimum absolute atomic E-state index is 0.0286. The Bertz CT molecular complexity index is 931. The third-order valence-corrected chi connectivity index (χ3v) is 5.15. The first-order valence-electron chi connectivity index (χ1n) is 8.07. The van der Waals surface area contributed by atoms with Crippen molar-refractivity contribution in [1.82, 2.24) is 4.57 Å². The van der Waals surface area contributed by atoms with Crippen LogP contribution in [0.2, 0.25) is 0 Å². The lowest BCUT2D eigenvalue weighted by molar-refractivity contribution is -0.645. The number of carbonyl (C=O) groups excluding carboxylic acids is 1. The SMILES string of the molecule is Cc1cccc(-n2c(C)cc(C(=O)CSc3cccc[n+]3[O-])c2C)c1. The number of rotatable bonds is 5. The lowest BCUT2D eigenvalue weighted by Crippen LogP contribution is -2.28. The predicted octanol–water partition coefficient (Wildman–Crippen LogP) is 4.01. The van der Waals surface area contributed by atoms with Gasteiger partial charge in [0.25, 0.3) is 5.03 Å². The van der Waals surface area contributed by atoms with Crippen LogP contribution in [0, 0.1) is 26.0 Å². The molecule has 128 valence electrons. The maximum absolute atomic E-state index is 12.7. The number of hydrogen-bond acceptors (Lipinski definition) is 3. The minimum Gasteiger partial charge on any atom is -0.618 e. The summed E-state index contributed by atoms with van der Waals surface area (Å²) in [4.78, 5) is 12.7. The summed E-state index contributed by atoms with van der Waals surface area (Å²) in [5, 5.41) is 12.2. The Morgan fingerprint density at radius 2 is 1.92 bits per heavy atom. The summed E-state index contributed by atoms with van der Waals surface area (Å²) >= 11 is 1.26. The van der Waals surface area contributed by atoms with Crippen molar-refractivity contribution in [3.8, 4) is 5.69 Å². The number of Topliss-reactive ketones (excluding diaryl/α,β-unsaturated/α-hetero) is 1. The summed E-state index contributed by atoms with van der Waals surface area (Å²) in [5.41, 5.74) is 4.89. The Morgan fingerprint density at radius 1 is 1.12 bits per heavy atom. The number of pyridine rings is 1. The van der Waals surface area contributed by atoms with Gasteiger partial charge in [-0.1, -0.05) is 12.1 Å². The van der Waals surface area contributed by atoms with Crippen molar-refractivity contribution in [2.75, 3.05) is 5.75 Å². The topological polar surface area (TPSA) is 48.9 Å². The molecule has 0 atom stereocenters. The summed E-state index contributed by atoms with van der Waals surface area (Å²) < 4.78 is 2.88. The van der Waals surface area contributed by atoms with Crippen molar-refractivity contribution in [2.24, 2.45) is 0 Å². The summed E-state index contributed by atoms with van der Waals surface area (Å²) in [5.74, 6) is 0.269. The van der Waals surface area contributed by atoms with Crippen LogP contribution in [0.3, 0.4) is 0 Å². The zero-order valence-corrected chi connectivity index (χ0v) is 15.3. The molecule has 0 aliphatic carbocycles. The Hall–Kier alpha value is -2.53. The van der Waals surface area contributed by atoms with E-state index >= 15 is 0 Å². The average molecular weight is 352 g/mol. The quantitative estimate of drug-likeness (QED) is 0.302. The maximum atomic E-state index is 12.7. The Labute approximate surface area is 151 Å². The normalized spacial score (nSPS) is 10.8. The summed E-state index contributed by atoms with van der Waals surface area (Å²) in [6, 6.07) is 15.3. The van der Waals surface area contributed by atoms with Crippen LogP contribution >= 0.6 is 11.8 Å². The first-order chi connectivity index (χ1) is 12.0. The lowest BCUT2D eigenvalue weighted by atomic mass is 10.2. The highest BCUT2D eigenvalue weighted by Gasteiger charge is 2.18. The Morgan fingerprint density at radius 3 is 2.64 bits per heavy atom. The fourth-order valence-electron chi connectivity index (χ4n) is 2.95. The Kier molecular flexibility index (Phi) is 4.95. The second kappa shape index (κ2) is 7.15. The molecular formula is C20H20N2O2S. The molecule has 0 aliphatic heterocycles. The van der Waals surface area contributed by atoms with Gasteiger partial charge >= 0.3 is 0 Å². The van der Waals surface area contributed by atoms with Crippen LogP contribution in [-0.4, -0.2) is 16.1 Å². The molecule has 0 unspecified atom stereocenters. The van der Waals surface area contributed by atoms with E-state index in [4.69, 9.17) is 0 Å². The van der Waals surface area contributed by atoms with Crippen molar-refractivity contribution in [3.63, 3.8) is 0 Å². The number of nitrogens with zero attached hydrogens (tertiary/aromatic N) is 2. The molecule has 0 fully saturated rings. The van der Waals surface area contributed by atoms with E-state index in [1.807, 2.05) is 32.0 Å². The molecule has 2 heterocycles. The fourth-order valence-corrected chi connectivity index (χ4v) is 3.75. The van der Waals surface area contributed by atoms with Gasteiger partial charge in [0.15, 0.2) is 12.0 Å². The zero-order chi connectivity index (χ0) is 18.0. The molecule has 0 aliphatic rings. The van der Waals surface area contributed by atoms with Gasteiger partial charge < -0.3 is 9.77 Å². The summed E-state index contributed by atoms with van der Waals surface area (Å²) in [6.45, 7) is 6.02. The van der Waals surface area contributed by atoms with Gasteiger partial charge in [0, 0.05) is 34.8 Å². The number of carbonyl (C=O) groups is 1. The van der Waals surface area contributed by atoms with E-state index in [2.05, 4.69) is 23.6 Å². The fraction of sp³-hybridized carbons (Fsp3) is 0.200. The van der Waals surface area contributed by atoms with Gasteiger partial charge in [0.2, 0.25) is 0 Å². The first-order valence-corrected chi connectivity index (χ1v) is 9.06. The van der Waals surface area contributed by atoms with Crippen LogP contribution in [0.1, 0.15) is 27.3 Å². The summed E-state index contributed by atoms with van der Waals surface area (Å²) in [7, 11) is 0. The van der Waals surface area contributed by atoms with Gasteiger partial charge in [0.1, 0.15) is 0 Å². The van der Waals surface area contributed by atoms with Gasteiger partial charge in [-0.15, -0.1) is 0 Å². The molecule has 0 radical (unpaired) electrons. The van der Waals surface area contributed by atoms with Crippen LogP contribution in [0.4, 0.5) is 0 Å². The van der Waals surface area contributed by atoms with E-state index in [9.17, 15) is 10.0 Å². The van der Waals surface area contributed by atoms with E-state index < -0.39 is 0 Å². The van der Waals surface area contributed by atoms with E-state index in [0.29, 0.717) is 10.6 Å². The number of aromatic nitrogens is 2. The maximum Gasteiger partial charge on any atom is 0.251 e. The molecule has 0 spiro atoms. The highest BCUT2D eigenvalue weighted by atomic mass is 32.2. The zero-order valence-electron chi connectivity index (χ0n) is 14.5.